The molecule has 0 radical (unpaired) electrons. The fourth-order valence-electron chi connectivity index (χ4n) is 3.25. The molecule has 3 heteroatoms. The van der Waals surface area contributed by atoms with Gasteiger partial charge in [-0.15, -0.1) is 0 Å². The zero-order valence-electron chi connectivity index (χ0n) is 12.3. The molecule has 1 aliphatic rings. The molecule has 1 saturated carbocycles. The number of nitrogens with two attached hydrogens (primary N) is 1. The molecule has 2 atom stereocenters. The topological polar surface area (TPSA) is 35.2 Å². The van der Waals surface area contributed by atoms with Crippen LogP contribution >= 0.6 is 12.2 Å². The second-order valence-corrected chi connectivity index (χ2v) is 6.47. The van der Waals surface area contributed by atoms with Gasteiger partial charge < -0.3 is 10.5 Å². The van der Waals surface area contributed by atoms with Gasteiger partial charge in [-0.25, -0.2) is 0 Å². The maximum Gasteiger partial charge on any atom is 0.127 e. The summed E-state index contributed by atoms with van der Waals surface area (Å²) in [5, 5.41) is 2.17. The summed E-state index contributed by atoms with van der Waals surface area (Å²) >= 11 is 5.15. The van der Waals surface area contributed by atoms with E-state index < -0.39 is 0 Å². The van der Waals surface area contributed by atoms with E-state index in [9.17, 15) is 0 Å². The van der Waals surface area contributed by atoms with Crippen LogP contribution in [0.1, 0.15) is 38.2 Å². The zero-order chi connectivity index (χ0) is 14.8. The smallest absolute Gasteiger partial charge is 0.127 e. The lowest BCUT2D eigenvalue weighted by Gasteiger charge is -2.28. The van der Waals surface area contributed by atoms with Gasteiger partial charge in [0.15, 0.2) is 0 Å². The summed E-state index contributed by atoms with van der Waals surface area (Å²) in [5.74, 6) is 1.70. The molecule has 3 rings (SSSR count). The van der Waals surface area contributed by atoms with Crippen molar-refractivity contribution in [2.24, 2.45) is 11.7 Å². The van der Waals surface area contributed by atoms with E-state index in [-0.39, 0.29) is 0 Å². The Morgan fingerprint density at radius 3 is 2.62 bits per heavy atom. The van der Waals surface area contributed by atoms with Gasteiger partial charge in [0.25, 0.3) is 0 Å². The van der Waals surface area contributed by atoms with E-state index in [1.807, 2.05) is 24.3 Å². The molecular weight excluding hydrogens is 278 g/mol. The van der Waals surface area contributed by atoms with Crippen LogP contribution in [0.2, 0.25) is 0 Å². The summed E-state index contributed by atoms with van der Waals surface area (Å²) in [6.07, 6.45) is 5.20. The van der Waals surface area contributed by atoms with Crippen LogP contribution in [-0.4, -0.2) is 11.1 Å². The van der Waals surface area contributed by atoms with Gasteiger partial charge in [0, 0.05) is 10.9 Å². The Morgan fingerprint density at radius 2 is 1.90 bits per heavy atom. The summed E-state index contributed by atoms with van der Waals surface area (Å²) in [7, 11) is 0. The van der Waals surface area contributed by atoms with Crippen molar-refractivity contribution in [1.29, 1.82) is 0 Å². The standard InChI is InChI=1S/C18H21NOS/c1-12-5-4-6-13(11-12)20-17-10-9-16(18(19)21)14-7-2-3-8-15(14)17/h2-3,7-10,12-13H,4-6,11H2,1H3,(H2,19,21). The maximum atomic E-state index is 6.29. The Labute approximate surface area is 131 Å². The van der Waals surface area contributed by atoms with Crippen molar-refractivity contribution in [2.75, 3.05) is 0 Å². The quantitative estimate of drug-likeness (QED) is 0.851. The predicted octanol–water partition coefficient (Wildman–Crippen LogP) is 4.43. The predicted molar refractivity (Wildman–Crippen MR) is 91.9 cm³/mol. The highest BCUT2D eigenvalue weighted by Gasteiger charge is 2.21. The van der Waals surface area contributed by atoms with Gasteiger partial charge in [0.2, 0.25) is 0 Å². The summed E-state index contributed by atoms with van der Waals surface area (Å²) in [6.45, 7) is 2.31. The van der Waals surface area contributed by atoms with Crippen LogP contribution in [0.4, 0.5) is 0 Å². The van der Waals surface area contributed by atoms with E-state index >= 15 is 0 Å². The lowest BCUT2D eigenvalue weighted by Crippen LogP contribution is -2.24. The fourth-order valence-corrected chi connectivity index (χ4v) is 3.43. The van der Waals surface area contributed by atoms with Crippen LogP contribution in [0.25, 0.3) is 10.8 Å². The molecule has 2 nitrogen and oxygen atoms in total. The van der Waals surface area contributed by atoms with Crippen molar-refractivity contribution in [3.8, 4) is 5.75 Å². The molecule has 0 heterocycles. The number of hydrogen-bond acceptors (Lipinski definition) is 2. The van der Waals surface area contributed by atoms with Crippen LogP contribution in [-0.2, 0) is 0 Å². The Bertz CT molecular complexity index is 667. The highest BCUT2D eigenvalue weighted by molar-refractivity contribution is 7.80. The van der Waals surface area contributed by atoms with Crippen LogP contribution < -0.4 is 10.5 Å². The molecule has 1 fully saturated rings. The van der Waals surface area contributed by atoms with Crippen molar-refractivity contribution >= 4 is 28.0 Å². The van der Waals surface area contributed by atoms with Crippen LogP contribution in [0.15, 0.2) is 36.4 Å². The monoisotopic (exact) mass is 299 g/mol. The number of rotatable bonds is 3. The first-order chi connectivity index (χ1) is 10.1. The number of benzene rings is 2. The third kappa shape index (κ3) is 3.03. The minimum absolute atomic E-state index is 0.327. The fraction of sp³-hybridized carbons (Fsp3) is 0.389. The van der Waals surface area contributed by atoms with Gasteiger partial charge in [-0.05, 0) is 42.7 Å². The molecule has 21 heavy (non-hydrogen) atoms. The molecule has 0 aliphatic heterocycles. The van der Waals surface area contributed by atoms with Crippen molar-refractivity contribution in [2.45, 2.75) is 38.7 Å². The Kier molecular flexibility index (Phi) is 4.11. The van der Waals surface area contributed by atoms with E-state index in [2.05, 4.69) is 19.1 Å². The highest BCUT2D eigenvalue weighted by atomic mass is 32.1. The van der Waals surface area contributed by atoms with Crippen LogP contribution in [0, 0.1) is 5.92 Å². The SMILES string of the molecule is CC1CCCC(Oc2ccc(C(N)=S)c3ccccc23)C1. The molecule has 2 aromatic rings. The van der Waals surface area contributed by atoms with Gasteiger partial charge >= 0.3 is 0 Å². The average Bonchev–Trinajstić information content (AvgIpc) is 2.47. The summed E-state index contributed by atoms with van der Waals surface area (Å²) < 4.78 is 6.29. The Morgan fingerprint density at radius 1 is 1.14 bits per heavy atom. The third-order valence-electron chi connectivity index (χ3n) is 4.33. The van der Waals surface area contributed by atoms with Gasteiger partial charge in [0.05, 0.1) is 6.10 Å². The number of fused-ring (bicyclic) bond motifs is 1. The van der Waals surface area contributed by atoms with E-state index in [0.717, 1.165) is 40.8 Å². The lowest BCUT2D eigenvalue weighted by molar-refractivity contribution is 0.131. The molecule has 0 amide bonds. The molecule has 0 aromatic heterocycles. The van der Waals surface area contributed by atoms with Crippen molar-refractivity contribution in [3.05, 3.63) is 42.0 Å². The summed E-state index contributed by atoms with van der Waals surface area (Å²) in [5.41, 5.74) is 6.74. The normalized spacial score (nSPS) is 22.1. The molecule has 1 aliphatic carbocycles. The van der Waals surface area contributed by atoms with Crippen molar-refractivity contribution in [1.82, 2.24) is 0 Å². The van der Waals surface area contributed by atoms with Crippen LogP contribution in [0.3, 0.4) is 0 Å². The second-order valence-electron chi connectivity index (χ2n) is 6.03. The van der Waals surface area contributed by atoms with E-state index in [0.29, 0.717) is 11.1 Å². The maximum absolute atomic E-state index is 6.29. The van der Waals surface area contributed by atoms with Gasteiger partial charge in [0.1, 0.15) is 10.7 Å². The Balaban J connectivity index is 1.96. The summed E-state index contributed by atoms with van der Waals surface area (Å²) in [6, 6.07) is 12.2. The molecular formula is C18H21NOS. The van der Waals surface area contributed by atoms with E-state index in [1.165, 1.54) is 12.8 Å². The van der Waals surface area contributed by atoms with Crippen LogP contribution in [0.5, 0.6) is 5.75 Å². The van der Waals surface area contributed by atoms with Gasteiger partial charge in [-0.1, -0.05) is 49.8 Å². The minimum Gasteiger partial charge on any atom is -0.490 e. The number of hydrogen-bond donors (Lipinski definition) is 1. The first kappa shape index (κ1) is 14.3. The van der Waals surface area contributed by atoms with Crippen molar-refractivity contribution in [3.63, 3.8) is 0 Å². The van der Waals surface area contributed by atoms with Gasteiger partial charge in [-0.3, -0.25) is 0 Å². The molecule has 0 saturated heterocycles. The van der Waals surface area contributed by atoms with E-state index in [4.69, 9.17) is 22.7 Å². The van der Waals surface area contributed by atoms with Crippen molar-refractivity contribution < 1.29 is 4.74 Å². The largest absolute Gasteiger partial charge is 0.490 e. The highest BCUT2D eigenvalue weighted by Crippen LogP contribution is 2.33. The first-order valence-electron chi connectivity index (χ1n) is 7.63. The zero-order valence-corrected chi connectivity index (χ0v) is 13.2. The van der Waals surface area contributed by atoms with Gasteiger partial charge in [-0.2, -0.15) is 0 Å². The molecule has 0 spiro atoms. The lowest BCUT2D eigenvalue weighted by atomic mass is 9.88. The Hall–Kier alpha value is -1.61. The third-order valence-corrected chi connectivity index (χ3v) is 4.55. The minimum atomic E-state index is 0.327. The second kappa shape index (κ2) is 6.02. The molecule has 110 valence electrons. The number of ether oxygens (including phenoxy) is 1. The summed E-state index contributed by atoms with van der Waals surface area (Å²) in [4.78, 5) is 0.434. The van der Waals surface area contributed by atoms with E-state index in [1.54, 1.807) is 0 Å². The molecule has 2 unspecified atom stereocenters. The molecule has 0 bridgehead atoms. The molecule has 2 N–H and O–H groups in total. The molecule has 2 aromatic carbocycles. The average molecular weight is 299 g/mol. The first-order valence-corrected chi connectivity index (χ1v) is 8.04. The number of thiocarbonyl (C=S) groups is 1.